The minimum absolute atomic E-state index is 0.00733. The van der Waals surface area contributed by atoms with Crippen LogP contribution in [0.25, 0.3) is 5.69 Å². The zero-order valence-corrected chi connectivity index (χ0v) is 21.7. The summed E-state index contributed by atoms with van der Waals surface area (Å²) in [6.07, 6.45) is 6.31. The molecule has 0 unspecified atom stereocenters. The Morgan fingerprint density at radius 1 is 1.19 bits per heavy atom. The van der Waals surface area contributed by atoms with Crippen LogP contribution in [0, 0.1) is 19.8 Å². The van der Waals surface area contributed by atoms with Crippen LogP contribution in [-0.2, 0) is 18.3 Å². The van der Waals surface area contributed by atoms with Crippen molar-refractivity contribution in [3.8, 4) is 11.4 Å². The molecule has 2 fully saturated rings. The zero-order valence-electron chi connectivity index (χ0n) is 21.7. The number of fused-ring (bicyclic) bond motifs is 2. The fourth-order valence-electron chi connectivity index (χ4n) is 6.95. The number of ether oxygens (including phenoxy) is 1. The Balaban J connectivity index is 1.55. The molecule has 0 radical (unpaired) electrons. The molecule has 2 aliphatic carbocycles. The third kappa shape index (κ3) is 3.47. The first-order valence-corrected chi connectivity index (χ1v) is 13.1. The Labute approximate surface area is 212 Å². The van der Waals surface area contributed by atoms with Gasteiger partial charge in [0.2, 0.25) is 5.56 Å². The Morgan fingerprint density at radius 3 is 2.72 bits per heavy atom. The number of pyridine rings is 1. The van der Waals surface area contributed by atoms with Gasteiger partial charge in [-0.2, -0.15) is 5.10 Å². The lowest BCUT2D eigenvalue weighted by Crippen LogP contribution is -2.71. The summed E-state index contributed by atoms with van der Waals surface area (Å²) in [7, 11) is 1.70. The Morgan fingerprint density at radius 2 is 2.00 bits per heavy atom. The molecule has 190 valence electrons. The Hall–Kier alpha value is -2.90. The highest BCUT2D eigenvalue weighted by atomic mass is 16.5. The van der Waals surface area contributed by atoms with Gasteiger partial charge in [0.15, 0.2) is 0 Å². The van der Waals surface area contributed by atoms with Gasteiger partial charge >= 0.3 is 0 Å². The van der Waals surface area contributed by atoms with Crippen molar-refractivity contribution in [2.75, 3.05) is 20.2 Å². The zero-order chi connectivity index (χ0) is 25.2. The minimum Gasteiger partial charge on any atom is -0.497 e. The molecule has 3 aliphatic rings. The van der Waals surface area contributed by atoms with E-state index in [0.717, 1.165) is 59.4 Å². The first kappa shape index (κ1) is 23.5. The van der Waals surface area contributed by atoms with Gasteiger partial charge in [-0.15, -0.1) is 0 Å². The van der Waals surface area contributed by atoms with E-state index < -0.39 is 11.0 Å². The second kappa shape index (κ2) is 8.32. The molecule has 7 heteroatoms. The lowest BCUT2D eigenvalue weighted by molar-refractivity contribution is -0.139. The molecule has 0 spiro atoms. The van der Waals surface area contributed by atoms with Crippen LogP contribution in [0.15, 0.2) is 41.3 Å². The van der Waals surface area contributed by atoms with Crippen LogP contribution in [0.3, 0.4) is 0 Å². The van der Waals surface area contributed by atoms with Crippen molar-refractivity contribution < 1.29 is 9.84 Å². The number of aliphatic hydroxyl groups is 1. The minimum atomic E-state index is -0.961. The molecule has 1 saturated carbocycles. The van der Waals surface area contributed by atoms with E-state index in [1.54, 1.807) is 19.4 Å². The smallest absolute Gasteiger partial charge is 0.250 e. The van der Waals surface area contributed by atoms with Crippen LogP contribution in [0.5, 0.6) is 5.75 Å². The van der Waals surface area contributed by atoms with Crippen molar-refractivity contribution in [3.05, 3.63) is 75.0 Å². The van der Waals surface area contributed by atoms with Crippen molar-refractivity contribution in [1.29, 1.82) is 0 Å². The van der Waals surface area contributed by atoms with Crippen molar-refractivity contribution >= 4 is 0 Å². The molecule has 36 heavy (non-hydrogen) atoms. The van der Waals surface area contributed by atoms with Crippen LogP contribution >= 0.6 is 0 Å². The van der Waals surface area contributed by atoms with Crippen LogP contribution in [0.1, 0.15) is 54.3 Å². The summed E-state index contributed by atoms with van der Waals surface area (Å²) in [5.41, 5.74) is 4.58. The maximum atomic E-state index is 12.9. The molecule has 0 amide bonds. The van der Waals surface area contributed by atoms with Crippen molar-refractivity contribution in [1.82, 2.24) is 19.7 Å². The standard InChI is InChI=1S/C29H36N4O3/c1-18-5-8-23(36-4)14-25(18)28-10-12-32(17-21-6-7-21)20(3)29(28,35)15-24-19(2)31-33(26(24)16-28)22-9-11-30-27(34)13-22/h5,8-9,11,13-14,20-21,35H,6-7,10,12,15-17H2,1-4H3,(H,30,34)/t20-,28-,29-/m1/s1. The molecule has 6 rings (SSSR count). The number of piperidine rings is 1. The number of H-pyrrole nitrogens is 1. The van der Waals surface area contributed by atoms with Crippen LogP contribution in [0.2, 0.25) is 0 Å². The fourth-order valence-corrected chi connectivity index (χ4v) is 6.95. The lowest BCUT2D eigenvalue weighted by Gasteiger charge is -2.60. The highest BCUT2D eigenvalue weighted by Gasteiger charge is 2.62. The predicted molar refractivity (Wildman–Crippen MR) is 139 cm³/mol. The van der Waals surface area contributed by atoms with Crippen LogP contribution < -0.4 is 10.3 Å². The molecule has 0 bridgehead atoms. The topological polar surface area (TPSA) is 83.4 Å². The van der Waals surface area contributed by atoms with Crippen molar-refractivity contribution in [3.63, 3.8) is 0 Å². The average Bonchev–Trinajstić information content (AvgIpc) is 3.63. The molecule has 3 atom stereocenters. The third-order valence-corrected chi connectivity index (χ3v) is 9.25. The summed E-state index contributed by atoms with van der Waals surface area (Å²) in [5, 5.41) is 17.8. The largest absolute Gasteiger partial charge is 0.497 e. The molecule has 2 N–H and O–H groups in total. The number of rotatable bonds is 5. The summed E-state index contributed by atoms with van der Waals surface area (Å²) >= 11 is 0. The number of hydrogen-bond acceptors (Lipinski definition) is 5. The second-order valence-corrected chi connectivity index (χ2v) is 11.2. The van der Waals surface area contributed by atoms with Gasteiger partial charge in [0.25, 0.3) is 0 Å². The predicted octanol–water partition coefficient (Wildman–Crippen LogP) is 3.46. The van der Waals surface area contributed by atoms with Gasteiger partial charge in [-0.05, 0) is 87.4 Å². The summed E-state index contributed by atoms with van der Waals surface area (Å²) in [4.78, 5) is 17.4. The van der Waals surface area contributed by atoms with Crippen LogP contribution in [0.4, 0.5) is 0 Å². The van der Waals surface area contributed by atoms with Gasteiger partial charge in [-0.25, -0.2) is 4.68 Å². The Kier molecular flexibility index (Phi) is 5.43. The maximum absolute atomic E-state index is 12.9. The number of hydrogen-bond donors (Lipinski definition) is 2. The van der Waals surface area contributed by atoms with Crippen molar-refractivity contribution in [2.45, 2.75) is 69.9 Å². The molecule has 3 heterocycles. The first-order chi connectivity index (χ1) is 17.3. The van der Waals surface area contributed by atoms with E-state index in [1.807, 2.05) is 23.7 Å². The van der Waals surface area contributed by atoms with Gasteiger partial charge in [0.1, 0.15) is 5.75 Å². The highest BCUT2D eigenvalue weighted by molar-refractivity contribution is 5.50. The third-order valence-electron chi connectivity index (χ3n) is 9.25. The number of likely N-dealkylation sites (tertiary alicyclic amines) is 1. The van der Waals surface area contributed by atoms with Crippen LogP contribution in [-0.4, -0.2) is 56.6 Å². The van der Waals surface area contributed by atoms with E-state index >= 15 is 0 Å². The van der Waals surface area contributed by atoms with Gasteiger partial charge in [0, 0.05) is 48.8 Å². The maximum Gasteiger partial charge on any atom is 0.250 e. The molecule has 3 aromatic rings. The lowest BCUT2D eigenvalue weighted by atomic mass is 9.53. The summed E-state index contributed by atoms with van der Waals surface area (Å²) < 4.78 is 7.58. The highest BCUT2D eigenvalue weighted by Crippen LogP contribution is 2.55. The molecule has 7 nitrogen and oxygen atoms in total. The van der Waals surface area contributed by atoms with E-state index in [1.165, 1.54) is 18.4 Å². The quantitative estimate of drug-likeness (QED) is 0.575. The summed E-state index contributed by atoms with van der Waals surface area (Å²) in [6, 6.07) is 9.73. The normalized spacial score (nSPS) is 28.0. The van der Waals surface area contributed by atoms with E-state index in [-0.39, 0.29) is 11.6 Å². The van der Waals surface area contributed by atoms with Gasteiger partial charge in [-0.1, -0.05) is 6.07 Å². The monoisotopic (exact) mass is 488 g/mol. The second-order valence-electron chi connectivity index (χ2n) is 11.2. The number of nitrogens with zero attached hydrogens (tertiary/aromatic N) is 3. The number of aryl methyl sites for hydroxylation is 2. The molecular weight excluding hydrogens is 452 g/mol. The number of aromatic amines is 1. The number of nitrogens with one attached hydrogen (secondary N) is 1. The SMILES string of the molecule is COc1ccc(C)c([C@]23CCN(CC4CC4)[C@H](C)[C@]2(O)Cc2c(C)nn(-c4cc[nH]c(=O)c4)c2C3)c1. The van der Waals surface area contributed by atoms with Crippen molar-refractivity contribution in [2.24, 2.45) is 5.92 Å². The first-order valence-electron chi connectivity index (χ1n) is 13.1. The number of benzene rings is 1. The molecule has 1 aliphatic heterocycles. The molecule has 1 aromatic carbocycles. The van der Waals surface area contributed by atoms with Gasteiger partial charge in [-0.3, -0.25) is 9.69 Å². The van der Waals surface area contributed by atoms with Gasteiger partial charge < -0.3 is 14.8 Å². The Bertz CT molecular complexity index is 1370. The number of methoxy groups -OCH3 is 1. The fraction of sp³-hybridized carbons (Fsp3) is 0.517. The van der Waals surface area contributed by atoms with E-state index in [4.69, 9.17) is 9.84 Å². The van der Waals surface area contributed by atoms with E-state index in [0.29, 0.717) is 12.8 Å². The van der Waals surface area contributed by atoms with E-state index in [9.17, 15) is 9.90 Å². The average molecular weight is 489 g/mol. The summed E-state index contributed by atoms with van der Waals surface area (Å²) in [6.45, 7) is 8.39. The summed E-state index contributed by atoms with van der Waals surface area (Å²) in [5.74, 6) is 1.58. The van der Waals surface area contributed by atoms with E-state index in [2.05, 4.69) is 35.9 Å². The number of aromatic nitrogens is 3. The molecule has 2 aromatic heterocycles. The molecular formula is C29H36N4O3. The molecule has 1 saturated heterocycles. The van der Waals surface area contributed by atoms with Gasteiger partial charge in [0.05, 0.1) is 24.1 Å².